The third-order valence-electron chi connectivity index (χ3n) is 5.03. The minimum atomic E-state index is -0.221. The summed E-state index contributed by atoms with van der Waals surface area (Å²) < 4.78 is 6.82. The van der Waals surface area contributed by atoms with Crippen LogP contribution in [0.4, 0.5) is 0 Å². The second kappa shape index (κ2) is 7.01. The van der Waals surface area contributed by atoms with E-state index in [0.717, 1.165) is 31.0 Å². The fourth-order valence-electron chi connectivity index (χ4n) is 3.89. The molecule has 2 aliphatic rings. The average Bonchev–Trinajstić information content (AvgIpc) is 2.75. The first-order valence-corrected chi connectivity index (χ1v) is 8.73. The van der Waals surface area contributed by atoms with Gasteiger partial charge in [-0.15, -0.1) is 0 Å². The molecule has 2 aliphatic heterocycles. The molecule has 128 valence electrons. The Balaban J connectivity index is 1.68. The maximum absolute atomic E-state index is 11.7. The van der Waals surface area contributed by atoms with Crippen LogP contribution >= 0.6 is 0 Å². The van der Waals surface area contributed by atoms with Gasteiger partial charge in [0, 0.05) is 43.0 Å². The van der Waals surface area contributed by atoms with Crippen LogP contribution in [0.3, 0.4) is 0 Å². The summed E-state index contributed by atoms with van der Waals surface area (Å²) in [5.74, 6) is -0.221. The summed E-state index contributed by atoms with van der Waals surface area (Å²) in [5, 5.41) is 8.26. The molecule has 2 fully saturated rings. The van der Waals surface area contributed by atoms with Crippen molar-refractivity contribution < 1.29 is 9.53 Å². The minimum absolute atomic E-state index is 0.202. The zero-order valence-corrected chi connectivity index (χ0v) is 14.5. The first-order chi connectivity index (χ1) is 11.1. The number of nitrogens with zero attached hydrogens (tertiary/aromatic N) is 3. The highest BCUT2D eigenvalue weighted by Crippen LogP contribution is 2.23. The molecule has 0 saturated carbocycles. The van der Waals surface area contributed by atoms with E-state index in [9.17, 15) is 4.79 Å². The number of carbonyl (C=O) groups excluding carboxylic acids is 1. The Morgan fingerprint density at radius 2 is 2.00 bits per heavy atom. The number of aromatic nitrogens is 2. The van der Waals surface area contributed by atoms with Crippen molar-refractivity contribution >= 4 is 5.97 Å². The third-order valence-corrected chi connectivity index (χ3v) is 5.03. The molecule has 23 heavy (non-hydrogen) atoms. The molecule has 6 nitrogen and oxygen atoms in total. The van der Waals surface area contributed by atoms with Crippen LogP contribution in [0, 0.1) is 13.8 Å². The number of rotatable bonds is 5. The zero-order valence-electron chi connectivity index (χ0n) is 14.5. The quantitative estimate of drug-likeness (QED) is 0.831. The zero-order chi connectivity index (χ0) is 16.4. The van der Waals surface area contributed by atoms with E-state index in [4.69, 9.17) is 4.74 Å². The van der Waals surface area contributed by atoms with Gasteiger partial charge in [0.2, 0.25) is 0 Å². The molecule has 1 aromatic heterocycles. The molecule has 2 atom stereocenters. The van der Waals surface area contributed by atoms with Crippen molar-refractivity contribution in [3.63, 3.8) is 0 Å². The first-order valence-electron chi connectivity index (χ1n) is 8.73. The highest BCUT2D eigenvalue weighted by atomic mass is 16.5. The summed E-state index contributed by atoms with van der Waals surface area (Å²) in [4.78, 5) is 14.2. The number of carbonyl (C=O) groups is 1. The Morgan fingerprint density at radius 3 is 2.65 bits per heavy atom. The maximum Gasteiger partial charge on any atom is 0.327 e. The highest BCUT2D eigenvalue weighted by molar-refractivity contribution is 5.69. The van der Waals surface area contributed by atoms with E-state index in [-0.39, 0.29) is 12.5 Å². The van der Waals surface area contributed by atoms with Crippen molar-refractivity contribution in [2.24, 2.45) is 0 Å². The van der Waals surface area contributed by atoms with Gasteiger partial charge in [0.1, 0.15) is 6.54 Å². The van der Waals surface area contributed by atoms with Crippen LogP contribution in [0.25, 0.3) is 0 Å². The van der Waals surface area contributed by atoms with Gasteiger partial charge in [0.15, 0.2) is 0 Å². The molecule has 1 aromatic rings. The van der Waals surface area contributed by atoms with Gasteiger partial charge in [-0.1, -0.05) is 6.42 Å². The summed E-state index contributed by atoms with van der Waals surface area (Å²) in [5.41, 5.74) is 3.36. The lowest BCUT2D eigenvalue weighted by Crippen LogP contribution is -2.58. The van der Waals surface area contributed by atoms with Crippen LogP contribution in [0.15, 0.2) is 0 Å². The Hall–Kier alpha value is -1.40. The van der Waals surface area contributed by atoms with Crippen LogP contribution in [-0.4, -0.2) is 52.4 Å². The topological polar surface area (TPSA) is 59.4 Å². The molecule has 2 unspecified atom stereocenters. The van der Waals surface area contributed by atoms with E-state index >= 15 is 0 Å². The van der Waals surface area contributed by atoms with Crippen molar-refractivity contribution in [2.45, 2.75) is 65.2 Å². The number of nitrogens with one attached hydrogen (secondary N) is 1. The van der Waals surface area contributed by atoms with E-state index in [2.05, 4.69) is 22.2 Å². The highest BCUT2D eigenvalue weighted by Gasteiger charge is 2.30. The molecule has 2 bridgehead atoms. The van der Waals surface area contributed by atoms with Gasteiger partial charge in [-0.3, -0.25) is 14.4 Å². The molecule has 0 radical (unpaired) electrons. The summed E-state index contributed by atoms with van der Waals surface area (Å²) in [6.45, 7) is 9.67. The second-order valence-electron chi connectivity index (χ2n) is 6.80. The molecule has 2 saturated heterocycles. The van der Waals surface area contributed by atoms with Gasteiger partial charge in [0.25, 0.3) is 0 Å². The van der Waals surface area contributed by atoms with Crippen LogP contribution in [-0.2, 0) is 22.6 Å². The van der Waals surface area contributed by atoms with Gasteiger partial charge < -0.3 is 10.1 Å². The van der Waals surface area contributed by atoms with Gasteiger partial charge in [0.05, 0.1) is 12.3 Å². The summed E-state index contributed by atoms with van der Waals surface area (Å²) in [6.07, 6.45) is 3.92. The number of aryl methyl sites for hydroxylation is 1. The molecule has 1 N–H and O–H groups in total. The smallest absolute Gasteiger partial charge is 0.327 e. The number of ether oxygens (including phenoxy) is 1. The molecular formula is C17H28N4O2. The van der Waals surface area contributed by atoms with Gasteiger partial charge in [-0.05, 0) is 33.6 Å². The molecule has 3 rings (SSSR count). The summed E-state index contributed by atoms with van der Waals surface area (Å²) >= 11 is 0. The van der Waals surface area contributed by atoms with Gasteiger partial charge >= 0.3 is 5.97 Å². The number of fused-ring (bicyclic) bond motifs is 2. The van der Waals surface area contributed by atoms with Crippen molar-refractivity contribution in [1.82, 2.24) is 20.0 Å². The lowest BCUT2D eigenvalue weighted by Gasteiger charge is -2.42. The van der Waals surface area contributed by atoms with Crippen LogP contribution in [0.2, 0.25) is 0 Å². The molecule has 0 amide bonds. The molecule has 0 aliphatic carbocycles. The normalized spacial score (nSPS) is 24.7. The van der Waals surface area contributed by atoms with E-state index in [1.807, 2.05) is 13.8 Å². The number of esters is 1. The number of piperazine rings is 1. The Labute approximate surface area is 138 Å². The van der Waals surface area contributed by atoms with Crippen molar-refractivity contribution in [3.05, 3.63) is 17.0 Å². The first kappa shape index (κ1) is 16.5. The van der Waals surface area contributed by atoms with E-state index in [0.29, 0.717) is 18.7 Å². The van der Waals surface area contributed by atoms with E-state index in [1.165, 1.54) is 24.8 Å². The largest absolute Gasteiger partial charge is 0.465 e. The minimum Gasteiger partial charge on any atom is -0.465 e. The molecule has 6 heteroatoms. The molecular weight excluding hydrogens is 292 g/mol. The predicted molar refractivity (Wildman–Crippen MR) is 88.2 cm³/mol. The number of likely N-dealkylation sites (tertiary alicyclic amines) is 1. The fraction of sp³-hybridized carbons (Fsp3) is 0.765. The van der Waals surface area contributed by atoms with Gasteiger partial charge in [-0.2, -0.15) is 5.10 Å². The molecule has 0 spiro atoms. The lowest BCUT2D eigenvalue weighted by atomic mass is 9.94. The fourth-order valence-corrected chi connectivity index (χ4v) is 3.89. The van der Waals surface area contributed by atoms with E-state index < -0.39 is 0 Å². The van der Waals surface area contributed by atoms with E-state index in [1.54, 1.807) is 4.68 Å². The van der Waals surface area contributed by atoms with Crippen molar-refractivity contribution in [1.29, 1.82) is 0 Å². The SMILES string of the molecule is CCOC(=O)Cn1nc(C)c(CN2CC3CCCC(C2)N3)c1C. The van der Waals surface area contributed by atoms with Gasteiger partial charge in [-0.25, -0.2) is 0 Å². The summed E-state index contributed by atoms with van der Waals surface area (Å²) in [6, 6.07) is 1.27. The standard InChI is InChI=1S/C17H28N4O2/c1-4-23-17(22)11-21-13(3)16(12(2)19-21)10-20-8-14-6-5-7-15(9-20)18-14/h14-15,18H,4-11H2,1-3H3. The van der Waals surface area contributed by atoms with Crippen LogP contribution < -0.4 is 5.32 Å². The Bertz CT molecular complexity index is 557. The average molecular weight is 320 g/mol. The molecule has 3 heterocycles. The van der Waals surface area contributed by atoms with Crippen molar-refractivity contribution in [3.8, 4) is 0 Å². The Morgan fingerprint density at radius 1 is 1.30 bits per heavy atom. The number of hydrogen-bond donors (Lipinski definition) is 1. The Kier molecular flexibility index (Phi) is 5.02. The second-order valence-corrected chi connectivity index (χ2v) is 6.80. The maximum atomic E-state index is 11.7. The lowest BCUT2D eigenvalue weighted by molar-refractivity contribution is -0.144. The summed E-state index contributed by atoms with van der Waals surface area (Å²) in [7, 11) is 0. The monoisotopic (exact) mass is 320 g/mol. The predicted octanol–water partition coefficient (Wildman–Crippen LogP) is 1.39. The number of hydrogen-bond acceptors (Lipinski definition) is 5. The third kappa shape index (κ3) is 3.75. The van der Waals surface area contributed by atoms with Crippen LogP contribution in [0.1, 0.15) is 43.1 Å². The van der Waals surface area contributed by atoms with Crippen molar-refractivity contribution in [2.75, 3.05) is 19.7 Å². The molecule has 0 aromatic carbocycles. The van der Waals surface area contributed by atoms with Crippen LogP contribution in [0.5, 0.6) is 0 Å². The number of piperidine rings is 1.